The van der Waals surface area contributed by atoms with Crippen LogP contribution in [0.15, 0.2) is 64.2 Å². The molecule has 28 heavy (non-hydrogen) atoms. The standard InChI is InChI=1S/C19H14ClN3O5/c1-27-18-10-13(5-7-15(18)22-19(24)17-3-2-8-28-17)21-11-12-4-6-14(20)16(9-12)23(25)26/h2-11H,1H3,(H,22,24). The number of hydrogen-bond acceptors (Lipinski definition) is 6. The molecule has 8 nitrogen and oxygen atoms in total. The zero-order valence-corrected chi connectivity index (χ0v) is 15.3. The van der Waals surface area contributed by atoms with E-state index in [1.165, 1.54) is 31.7 Å². The van der Waals surface area contributed by atoms with E-state index in [0.29, 0.717) is 22.7 Å². The van der Waals surface area contributed by atoms with Crippen molar-refractivity contribution in [2.75, 3.05) is 12.4 Å². The summed E-state index contributed by atoms with van der Waals surface area (Å²) in [5.74, 6) is 0.165. The summed E-state index contributed by atoms with van der Waals surface area (Å²) in [6, 6.07) is 12.5. The smallest absolute Gasteiger partial charge is 0.291 e. The Hall–Kier alpha value is -3.65. The van der Waals surface area contributed by atoms with E-state index in [-0.39, 0.29) is 16.5 Å². The lowest BCUT2D eigenvalue weighted by atomic mass is 10.2. The molecule has 1 amide bonds. The number of halogens is 1. The van der Waals surface area contributed by atoms with E-state index >= 15 is 0 Å². The van der Waals surface area contributed by atoms with E-state index in [0.717, 1.165) is 0 Å². The van der Waals surface area contributed by atoms with Crippen LogP contribution in [0.2, 0.25) is 5.02 Å². The van der Waals surface area contributed by atoms with Crippen molar-refractivity contribution < 1.29 is 18.9 Å². The molecule has 0 fully saturated rings. The van der Waals surface area contributed by atoms with Crippen LogP contribution in [-0.2, 0) is 0 Å². The van der Waals surface area contributed by atoms with E-state index in [2.05, 4.69) is 10.3 Å². The van der Waals surface area contributed by atoms with Gasteiger partial charge in [-0.3, -0.25) is 19.9 Å². The first-order valence-corrected chi connectivity index (χ1v) is 8.36. The van der Waals surface area contributed by atoms with Crippen molar-refractivity contribution in [3.05, 3.63) is 81.3 Å². The molecule has 0 bridgehead atoms. The third kappa shape index (κ3) is 4.36. The molecule has 0 aliphatic heterocycles. The maximum Gasteiger partial charge on any atom is 0.291 e. The minimum absolute atomic E-state index is 0.0560. The molecule has 0 saturated carbocycles. The van der Waals surface area contributed by atoms with Crippen LogP contribution in [0.5, 0.6) is 5.75 Å². The first-order valence-electron chi connectivity index (χ1n) is 7.99. The zero-order valence-electron chi connectivity index (χ0n) is 14.6. The minimum Gasteiger partial charge on any atom is -0.494 e. The molecule has 1 aromatic heterocycles. The Balaban J connectivity index is 1.80. The topological polar surface area (TPSA) is 107 Å². The van der Waals surface area contributed by atoms with Gasteiger partial charge in [0.15, 0.2) is 5.76 Å². The van der Waals surface area contributed by atoms with Crippen molar-refractivity contribution in [1.82, 2.24) is 0 Å². The molecule has 0 saturated heterocycles. The van der Waals surface area contributed by atoms with Crippen LogP contribution in [0, 0.1) is 10.1 Å². The van der Waals surface area contributed by atoms with E-state index in [9.17, 15) is 14.9 Å². The molecule has 0 aliphatic carbocycles. The van der Waals surface area contributed by atoms with E-state index in [4.69, 9.17) is 20.8 Å². The van der Waals surface area contributed by atoms with Gasteiger partial charge in [0.25, 0.3) is 11.6 Å². The molecule has 0 unspecified atom stereocenters. The fraction of sp³-hybridized carbons (Fsp3) is 0.0526. The molecule has 1 N–H and O–H groups in total. The number of nitrogens with zero attached hydrogens (tertiary/aromatic N) is 2. The van der Waals surface area contributed by atoms with Gasteiger partial charge in [0.1, 0.15) is 10.8 Å². The lowest BCUT2D eigenvalue weighted by Gasteiger charge is -2.10. The number of carbonyl (C=O) groups is 1. The highest BCUT2D eigenvalue weighted by Crippen LogP contribution is 2.30. The van der Waals surface area contributed by atoms with Crippen LogP contribution in [0.3, 0.4) is 0 Å². The van der Waals surface area contributed by atoms with Crippen LogP contribution in [-0.4, -0.2) is 24.2 Å². The van der Waals surface area contributed by atoms with Gasteiger partial charge in [-0.25, -0.2) is 0 Å². The maximum atomic E-state index is 12.1. The zero-order chi connectivity index (χ0) is 20.1. The summed E-state index contributed by atoms with van der Waals surface area (Å²) in [6.45, 7) is 0. The number of carbonyl (C=O) groups excluding carboxylic acids is 1. The molecule has 9 heteroatoms. The van der Waals surface area contributed by atoms with Crippen molar-refractivity contribution in [1.29, 1.82) is 0 Å². The Bertz CT molecular complexity index is 1050. The van der Waals surface area contributed by atoms with E-state index in [1.807, 2.05) is 0 Å². The van der Waals surface area contributed by atoms with Gasteiger partial charge in [-0.1, -0.05) is 17.7 Å². The summed E-state index contributed by atoms with van der Waals surface area (Å²) in [4.78, 5) is 26.8. The molecule has 1 heterocycles. The summed E-state index contributed by atoms with van der Waals surface area (Å²) in [6.07, 6.45) is 2.88. The first kappa shape index (κ1) is 19.1. The Kier molecular flexibility index (Phi) is 5.71. The number of nitro groups is 1. The average Bonchev–Trinajstić information content (AvgIpc) is 3.23. The molecule has 0 radical (unpaired) electrons. The fourth-order valence-corrected chi connectivity index (χ4v) is 2.54. The Morgan fingerprint density at radius 1 is 1.29 bits per heavy atom. The summed E-state index contributed by atoms with van der Waals surface area (Å²) in [5.41, 5.74) is 1.31. The van der Waals surface area contributed by atoms with E-state index in [1.54, 1.807) is 36.4 Å². The van der Waals surface area contributed by atoms with Crippen molar-refractivity contribution in [3.8, 4) is 5.75 Å². The lowest BCUT2D eigenvalue weighted by molar-refractivity contribution is -0.384. The number of nitro benzene ring substituents is 1. The van der Waals surface area contributed by atoms with Gasteiger partial charge >= 0.3 is 0 Å². The Morgan fingerprint density at radius 2 is 2.11 bits per heavy atom. The third-order valence-corrected chi connectivity index (χ3v) is 4.03. The molecule has 0 spiro atoms. The highest BCUT2D eigenvalue weighted by Gasteiger charge is 2.13. The number of hydrogen-bond donors (Lipinski definition) is 1. The molecule has 3 rings (SSSR count). The lowest BCUT2D eigenvalue weighted by Crippen LogP contribution is -2.11. The fourth-order valence-electron chi connectivity index (χ4n) is 2.35. The second-order valence-electron chi connectivity index (χ2n) is 5.54. The normalized spacial score (nSPS) is 10.8. The first-order chi connectivity index (χ1) is 13.5. The quantitative estimate of drug-likeness (QED) is 0.362. The molecule has 142 valence electrons. The summed E-state index contributed by atoms with van der Waals surface area (Å²) >= 11 is 5.80. The average molecular weight is 400 g/mol. The molecular weight excluding hydrogens is 386 g/mol. The van der Waals surface area contributed by atoms with Crippen LogP contribution in [0.1, 0.15) is 16.1 Å². The van der Waals surface area contributed by atoms with Crippen LogP contribution in [0.25, 0.3) is 0 Å². The summed E-state index contributed by atoms with van der Waals surface area (Å²) < 4.78 is 10.4. The van der Waals surface area contributed by atoms with Crippen molar-refractivity contribution in [2.45, 2.75) is 0 Å². The molecule has 0 aliphatic rings. The third-order valence-electron chi connectivity index (χ3n) is 3.71. The van der Waals surface area contributed by atoms with Crippen molar-refractivity contribution in [3.63, 3.8) is 0 Å². The van der Waals surface area contributed by atoms with Gasteiger partial charge in [0.05, 0.1) is 29.7 Å². The number of methoxy groups -OCH3 is 1. The van der Waals surface area contributed by atoms with Crippen LogP contribution < -0.4 is 10.1 Å². The molecular formula is C19H14ClN3O5. The second-order valence-corrected chi connectivity index (χ2v) is 5.95. The Morgan fingerprint density at radius 3 is 2.79 bits per heavy atom. The largest absolute Gasteiger partial charge is 0.494 e. The predicted octanol–water partition coefficient (Wildman–Crippen LogP) is 4.85. The minimum atomic E-state index is -0.556. The second kappa shape index (κ2) is 8.36. The number of aliphatic imine (C=N–C) groups is 1. The SMILES string of the molecule is COc1cc(N=Cc2ccc(Cl)c([N+](=O)[O-])c2)ccc1NC(=O)c1ccco1. The van der Waals surface area contributed by atoms with Gasteiger partial charge < -0.3 is 14.5 Å². The highest BCUT2D eigenvalue weighted by molar-refractivity contribution is 6.32. The number of ether oxygens (including phenoxy) is 1. The molecule has 2 aromatic carbocycles. The van der Waals surface area contributed by atoms with Crippen molar-refractivity contribution >= 4 is 40.8 Å². The number of amides is 1. The highest BCUT2D eigenvalue weighted by atomic mass is 35.5. The van der Waals surface area contributed by atoms with Gasteiger partial charge in [0, 0.05) is 18.3 Å². The monoisotopic (exact) mass is 399 g/mol. The molecule has 0 atom stereocenters. The number of anilines is 1. The maximum absolute atomic E-state index is 12.1. The van der Waals surface area contributed by atoms with Gasteiger partial charge in [0.2, 0.25) is 0 Å². The number of rotatable bonds is 6. The van der Waals surface area contributed by atoms with Gasteiger partial charge in [-0.15, -0.1) is 0 Å². The van der Waals surface area contributed by atoms with Gasteiger partial charge in [-0.2, -0.15) is 0 Å². The number of nitrogens with one attached hydrogen (secondary N) is 1. The van der Waals surface area contributed by atoms with Crippen LogP contribution in [0.4, 0.5) is 17.1 Å². The Labute approximate surface area is 164 Å². The molecule has 3 aromatic rings. The van der Waals surface area contributed by atoms with E-state index < -0.39 is 10.8 Å². The number of furan rings is 1. The number of benzene rings is 2. The van der Waals surface area contributed by atoms with Gasteiger partial charge in [-0.05, 0) is 35.9 Å². The van der Waals surface area contributed by atoms with Crippen molar-refractivity contribution in [2.24, 2.45) is 4.99 Å². The van der Waals surface area contributed by atoms with Crippen LogP contribution >= 0.6 is 11.6 Å². The summed E-state index contributed by atoms with van der Waals surface area (Å²) in [7, 11) is 1.47. The summed E-state index contributed by atoms with van der Waals surface area (Å²) in [5, 5.41) is 13.7. The predicted molar refractivity (Wildman–Crippen MR) is 105 cm³/mol.